The number of esters is 1. The van der Waals surface area contributed by atoms with Gasteiger partial charge in [-0.25, -0.2) is 4.79 Å². The van der Waals surface area contributed by atoms with E-state index in [0.29, 0.717) is 35.4 Å². The number of quaternary nitrogens is 1. The average Bonchev–Trinajstić information content (AvgIpc) is 3.47. The Bertz CT molecular complexity index is 829. The van der Waals surface area contributed by atoms with Gasteiger partial charge in [-0.3, -0.25) is 0 Å². The lowest BCUT2D eigenvalue weighted by molar-refractivity contribution is -0.938. The van der Waals surface area contributed by atoms with Crippen LogP contribution in [0.25, 0.3) is 0 Å². The van der Waals surface area contributed by atoms with Crippen LogP contribution in [0.1, 0.15) is 24.0 Å². The summed E-state index contributed by atoms with van der Waals surface area (Å²) in [6.45, 7) is 0. The van der Waals surface area contributed by atoms with Crippen LogP contribution < -0.4 is 17.0 Å². The highest BCUT2D eigenvalue weighted by Crippen LogP contribution is 2.51. The van der Waals surface area contributed by atoms with Crippen LogP contribution in [0, 0.1) is 0 Å². The molecule has 0 amide bonds. The Labute approximate surface area is 181 Å². The van der Waals surface area contributed by atoms with Crippen LogP contribution in [0.5, 0.6) is 0 Å². The summed E-state index contributed by atoms with van der Waals surface area (Å²) in [4.78, 5) is 13.3. The third-order valence-electron chi connectivity index (χ3n) is 6.99. The molecular weight excluding hydrogens is 434 g/mol. The highest BCUT2D eigenvalue weighted by molar-refractivity contribution is 5.85. The van der Waals surface area contributed by atoms with E-state index in [-0.39, 0.29) is 23.1 Å². The lowest BCUT2D eigenvalue weighted by atomic mass is 9.86. The number of benzene rings is 2. The smallest absolute Gasteiger partial charge is 0.347 e. The van der Waals surface area contributed by atoms with Gasteiger partial charge >= 0.3 is 5.97 Å². The number of piperidine rings is 1. The molecule has 2 bridgehead atoms. The van der Waals surface area contributed by atoms with E-state index in [2.05, 4.69) is 14.1 Å². The van der Waals surface area contributed by atoms with Gasteiger partial charge in [0.25, 0.3) is 0 Å². The number of nitrogens with zero attached hydrogens (tertiary/aromatic N) is 1. The summed E-state index contributed by atoms with van der Waals surface area (Å²) in [5, 5.41) is 11.6. The number of morpholine rings is 1. The number of halogens is 1. The van der Waals surface area contributed by atoms with Gasteiger partial charge < -0.3 is 36.0 Å². The van der Waals surface area contributed by atoms with Gasteiger partial charge in [-0.15, -0.1) is 0 Å². The summed E-state index contributed by atoms with van der Waals surface area (Å²) in [5.41, 5.74) is -0.775. The lowest BCUT2D eigenvalue weighted by Crippen LogP contribution is -3.00. The number of aliphatic hydroxyl groups is 1. The molecule has 6 heteroatoms. The summed E-state index contributed by atoms with van der Waals surface area (Å²) < 4.78 is 12.7. The zero-order valence-electron chi connectivity index (χ0n) is 16.6. The summed E-state index contributed by atoms with van der Waals surface area (Å²) >= 11 is 0. The first kappa shape index (κ1) is 20.5. The van der Waals surface area contributed by atoms with Crippen LogP contribution in [0.4, 0.5) is 0 Å². The maximum absolute atomic E-state index is 13.3. The fraction of sp³-hybridized carbons (Fsp3) is 0.435. The Morgan fingerprint density at radius 1 is 0.966 bits per heavy atom. The third-order valence-corrected chi connectivity index (χ3v) is 6.99. The van der Waals surface area contributed by atoms with Gasteiger partial charge in [0.1, 0.15) is 30.4 Å². The maximum atomic E-state index is 13.3. The molecule has 5 atom stereocenters. The number of epoxide rings is 1. The van der Waals surface area contributed by atoms with Gasteiger partial charge in [0.2, 0.25) is 5.60 Å². The Morgan fingerprint density at radius 2 is 1.41 bits per heavy atom. The van der Waals surface area contributed by atoms with Crippen LogP contribution in [-0.2, 0) is 19.9 Å². The van der Waals surface area contributed by atoms with E-state index in [4.69, 9.17) is 9.47 Å². The highest BCUT2D eigenvalue weighted by Gasteiger charge is 2.70. The maximum Gasteiger partial charge on any atom is 0.347 e. The number of fused-ring (bicyclic) bond motifs is 5. The summed E-state index contributed by atoms with van der Waals surface area (Å²) in [5.74, 6) is -0.601. The van der Waals surface area contributed by atoms with Crippen molar-refractivity contribution < 1.29 is 40.8 Å². The largest absolute Gasteiger partial charge is 1.00 e. The fourth-order valence-electron chi connectivity index (χ4n) is 5.30. The van der Waals surface area contributed by atoms with Crippen LogP contribution in [0.3, 0.4) is 0 Å². The second-order valence-electron chi connectivity index (χ2n) is 8.77. The second-order valence-corrected chi connectivity index (χ2v) is 8.77. The molecule has 0 saturated carbocycles. The van der Waals surface area contributed by atoms with Crippen LogP contribution in [0.2, 0.25) is 0 Å². The molecule has 3 saturated heterocycles. The third kappa shape index (κ3) is 3.13. The van der Waals surface area contributed by atoms with E-state index in [9.17, 15) is 9.90 Å². The molecule has 3 aliphatic rings. The minimum Gasteiger partial charge on any atom is -1.00 e. The molecule has 0 aliphatic carbocycles. The zero-order valence-corrected chi connectivity index (χ0v) is 18.2. The molecule has 3 unspecified atom stereocenters. The Kier molecular flexibility index (Phi) is 5.10. The van der Waals surface area contributed by atoms with Gasteiger partial charge in [0.05, 0.1) is 14.1 Å². The molecule has 3 fully saturated rings. The monoisotopic (exact) mass is 459 g/mol. The first-order valence-electron chi connectivity index (χ1n) is 9.95. The second kappa shape index (κ2) is 7.20. The van der Waals surface area contributed by atoms with Gasteiger partial charge in [0, 0.05) is 12.8 Å². The molecule has 1 N–H and O–H groups in total. The topological polar surface area (TPSA) is 59.1 Å². The predicted octanol–water partition coefficient (Wildman–Crippen LogP) is -0.773. The molecule has 3 heterocycles. The molecule has 5 nitrogen and oxygen atoms in total. The molecule has 5 rings (SSSR count). The van der Waals surface area contributed by atoms with Crippen molar-refractivity contribution in [1.82, 2.24) is 0 Å². The number of ether oxygens (including phenoxy) is 2. The molecule has 2 aromatic carbocycles. The lowest BCUT2D eigenvalue weighted by Gasteiger charge is -2.45. The van der Waals surface area contributed by atoms with Crippen LogP contribution >= 0.6 is 0 Å². The van der Waals surface area contributed by atoms with Gasteiger partial charge in [-0.2, -0.15) is 0 Å². The summed E-state index contributed by atoms with van der Waals surface area (Å²) in [6, 6.07) is 18.8. The normalized spacial score (nSPS) is 31.3. The van der Waals surface area contributed by atoms with Crippen molar-refractivity contribution >= 4 is 5.97 Å². The van der Waals surface area contributed by atoms with E-state index in [0.717, 1.165) is 17.3 Å². The number of hydrogen-bond acceptors (Lipinski definition) is 4. The molecule has 154 valence electrons. The van der Waals surface area contributed by atoms with Gasteiger partial charge in [-0.1, -0.05) is 60.7 Å². The van der Waals surface area contributed by atoms with Crippen LogP contribution in [-0.4, -0.2) is 60.0 Å². The molecule has 2 aromatic rings. The molecule has 29 heavy (non-hydrogen) atoms. The van der Waals surface area contributed by atoms with Crippen molar-refractivity contribution in [3.63, 3.8) is 0 Å². The Hall–Kier alpha value is -1.73. The van der Waals surface area contributed by atoms with Crippen molar-refractivity contribution in [1.29, 1.82) is 0 Å². The Morgan fingerprint density at radius 3 is 1.86 bits per heavy atom. The van der Waals surface area contributed by atoms with Crippen molar-refractivity contribution in [2.45, 2.75) is 48.8 Å². The number of carbonyl (C=O) groups is 1. The SMILES string of the molecule is C[N+]1(C)C2CC(OC(=O)C(O)(c3ccccc3)c3ccccc3)CC1[C@@H]1O[C@H]21.[Br-]. The number of hydrogen-bond donors (Lipinski definition) is 1. The van der Waals surface area contributed by atoms with Gasteiger partial charge in [-0.05, 0) is 11.1 Å². The Balaban J connectivity index is 0.00000205. The fourth-order valence-corrected chi connectivity index (χ4v) is 5.30. The quantitative estimate of drug-likeness (QED) is 0.370. The minimum atomic E-state index is -1.82. The van der Waals surface area contributed by atoms with Crippen molar-refractivity contribution in [2.75, 3.05) is 14.1 Å². The minimum absolute atomic E-state index is 0. The number of rotatable bonds is 4. The molecule has 3 aliphatic heterocycles. The van der Waals surface area contributed by atoms with E-state index >= 15 is 0 Å². The van der Waals surface area contributed by atoms with Crippen LogP contribution in [0.15, 0.2) is 60.7 Å². The summed E-state index contributed by atoms with van der Waals surface area (Å²) in [6.07, 6.45) is 1.95. The zero-order chi connectivity index (χ0) is 19.5. The molecule has 0 radical (unpaired) electrons. The first-order valence-corrected chi connectivity index (χ1v) is 9.95. The predicted molar refractivity (Wildman–Crippen MR) is 103 cm³/mol. The molecular formula is C23H26BrNO4. The van der Waals surface area contributed by atoms with Gasteiger partial charge in [0.15, 0.2) is 0 Å². The number of likely N-dealkylation sites (N-methyl/N-ethyl adjacent to an activating group) is 1. The summed E-state index contributed by atoms with van der Waals surface area (Å²) in [7, 11) is 4.49. The van der Waals surface area contributed by atoms with Crippen molar-refractivity contribution in [3.05, 3.63) is 71.8 Å². The van der Waals surface area contributed by atoms with E-state index < -0.39 is 11.6 Å². The number of carbonyl (C=O) groups excluding carboxylic acids is 1. The van der Waals surface area contributed by atoms with E-state index in [1.54, 1.807) is 24.3 Å². The highest BCUT2D eigenvalue weighted by atomic mass is 79.9. The van der Waals surface area contributed by atoms with E-state index in [1.165, 1.54) is 0 Å². The molecule has 0 aromatic heterocycles. The molecule has 0 spiro atoms. The first-order chi connectivity index (χ1) is 13.4. The van der Waals surface area contributed by atoms with Crippen molar-refractivity contribution in [2.24, 2.45) is 0 Å². The van der Waals surface area contributed by atoms with E-state index in [1.807, 2.05) is 36.4 Å². The standard InChI is InChI=1S/C23H26NO4.BrH/c1-24(2)18-13-17(14-19(24)21-20(18)28-21)27-22(25)23(26,15-9-5-3-6-10-15)16-11-7-4-8-12-16;/h3-12,17-21,26H,13-14H2,1-2H3;1H/q+1;/p-1/t17?,18?,19?,20-,21+;. The van der Waals surface area contributed by atoms with Crippen molar-refractivity contribution in [3.8, 4) is 0 Å². The average molecular weight is 460 g/mol.